The number of anilines is 2. The maximum atomic E-state index is 13.3. The molecule has 0 saturated heterocycles. The second-order valence-corrected chi connectivity index (χ2v) is 4.46. The molecule has 0 unspecified atom stereocenters. The Morgan fingerprint density at radius 1 is 1.19 bits per heavy atom. The summed E-state index contributed by atoms with van der Waals surface area (Å²) in [6, 6.07) is 4.33. The van der Waals surface area contributed by atoms with Gasteiger partial charge in [0.2, 0.25) is 11.9 Å². The van der Waals surface area contributed by atoms with Gasteiger partial charge in [-0.15, -0.1) is 0 Å². The average Bonchev–Trinajstić information content (AvgIpc) is 2.44. The first-order valence-electron chi connectivity index (χ1n) is 6.74. The van der Waals surface area contributed by atoms with Gasteiger partial charge in [-0.05, 0) is 32.4 Å². The summed E-state index contributed by atoms with van der Waals surface area (Å²) >= 11 is 0. The summed E-state index contributed by atoms with van der Waals surface area (Å²) in [6.07, 6.45) is 0. The van der Waals surface area contributed by atoms with Crippen molar-refractivity contribution in [3.63, 3.8) is 0 Å². The maximum Gasteiger partial charge on any atom is 0.328 e. The van der Waals surface area contributed by atoms with E-state index in [0.717, 1.165) is 18.7 Å². The Hall–Kier alpha value is -2.44. The van der Waals surface area contributed by atoms with Crippen LogP contribution in [-0.2, 0) is 0 Å². The van der Waals surface area contributed by atoms with Crippen LogP contribution in [0.3, 0.4) is 0 Å². The fourth-order valence-corrected chi connectivity index (χ4v) is 1.84. The molecule has 0 aliphatic rings. The fourth-order valence-electron chi connectivity index (χ4n) is 1.84. The molecule has 112 valence electrons. The predicted octanol–water partition coefficient (Wildman–Crippen LogP) is 2.54. The number of benzene rings is 1. The first kappa shape index (κ1) is 15.0. The number of aromatic nitrogens is 3. The summed E-state index contributed by atoms with van der Waals surface area (Å²) in [6.45, 7) is 7.25. The largest absolute Gasteiger partial charge is 0.424 e. The number of halogens is 1. The van der Waals surface area contributed by atoms with E-state index in [0.29, 0.717) is 11.7 Å². The summed E-state index contributed by atoms with van der Waals surface area (Å²) in [5.41, 5.74) is 6.46. The topological polar surface area (TPSA) is 77.2 Å². The van der Waals surface area contributed by atoms with Crippen molar-refractivity contribution in [3.8, 4) is 11.8 Å². The molecule has 1 heterocycles. The highest BCUT2D eigenvalue weighted by atomic mass is 19.1. The van der Waals surface area contributed by atoms with Gasteiger partial charge in [0.05, 0.1) is 0 Å². The molecule has 21 heavy (non-hydrogen) atoms. The Labute approximate surface area is 122 Å². The normalized spacial score (nSPS) is 10.5. The van der Waals surface area contributed by atoms with Gasteiger partial charge in [-0.25, -0.2) is 4.39 Å². The van der Waals surface area contributed by atoms with Crippen LogP contribution in [0.5, 0.6) is 11.8 Å². The van der Waals surface area contributed by atoms with Gasteiger partial charge < -0.3 is 15.4 Å². The van der Waals surface area contributed by atoms with Gasteiger partial charge in [-0.2, -0.15) is 15.0 Å². The Balaban J connectivity index is 2.34. The minimum atomic E-state index is -0.387. The molecule has 0 saturated carbocycles. The van der Waals surface area contributed by atoms with E-state index >= 15 is 0 Å². The molecule has 0 aliphatic heterocycles. The van der Waals surface area contributed by atoms with Gasteiger partial charge in [0.15, 0.2) is 0 Å². The third-order valence-electron chi connectivity index (χ3n) is 3.02. The van der Waals surface area contributed by atoms with E-state index in [9.17, 15) is 4.39 Å². The van der Waals surface area contributed by atoms with Crippen LogP contribution in [-0.4, -0.2) is 28.0 Å². The van der Waals surface area contributed by atoms with Crippen molar-refractivity contribution in [1.82, 2.24) is 15.0 Å². The average molecular weight is 291 g/mol. The Kier molecular flexibility index (Phi) is 4.52. The number of rotatable bonds is 5. The number of hydrogen-bond acceptors (Lipinski definition) is 6. The van der Waals surface area contributed by atoms with Gasteiger partial charge in [0.25, 0.3) is 0 Å². The third-order valence-corrected chi connectivity index (χ3v) is 3.02. The van der Waals surface area contributed by atoms with Crippen molar-refractivity contribution in [2.75, 3.05) is 23.7 Å². The van der Waals surface area contributed by atoms with E-state index in [1.54, 1.807) is 6.07 Å². The first-order valence-corrected chi connectivity index (χ1v) is 6.74. The van der Waals surface area contributed by atoms with E-state index in [1.165, 1.54) is 12.1 Å². The number of aryl methyl sites for hydroxylation is 1. The van der Waals surface area contributed by atoms with Crippen molar-refractivity contribution in [2.24, 2.45) is 0 Å². The Morgan fingerprint density at radius 2 is 1.90 bits per heavy atom. The minimum absolute atomic E-state index is 0.0538. The van der Waals surface area contributed by atoms with Crippen molar-refractivity contribution in [2.45, 2.75) is 20.8 Å². The van der Waals surface area contributed by atoms with Crippen molar-refractivity contribution in [1.29, 1.82) is 0 Å². The van der Waals surface area contributed by atoms with E-state index in [2.05, 4.69) is 15.0 Å². The lowest BCUT2D eigenvalue weighted by atomic mass is 10.2. The van der Waals surface area contributed by atoms with E-state index in [4.69, 9.17) is 10.5 Å². The minimum Gasteiger partial charge on any atom is -0.424 e. The molecule has 0 radical (unpaired) electrons. The van der Waals surface area contributed by atoms with Gasteiger partial charge >= 0.3 is 6.01 Å². The lowest BCUT2D eigenvalue weighted by molar-refractivity contribution is 0.433. The zero-order valence-electron chi connectivity index (χ0n) is 12.3. The molecule has 0 spiro atoms. The standard InChI is InChI=1S/C14H18FN5O/c1-4-20(5-2)13-17-12(16)18-14(19-13)21-11-8-10(15)7-6-9(11)3/h6-8H,4-5H2,1-3H3,(H2,16,17,18,19). The van der Waals surface area contributed by atoms with Crippen LogP contribution < -0.4 is 15.4 Å². The SMILES string of the molecule is CCN(CC)c1nc(N)nc(Oc2cc(F)ccc2C)n1. The van der Waals surface area contributed by atoms with Crippen LogP contribution >= 0.6 is 0 Å². The molecule has 1 aromatic heterocycles. The third kappa shape index (κ3) is 3.56. The smallest absolute Gasteiger partial charge is 0.328 e. The molecule has 2 rings (SSSR count). The van der Waals surface area contributed by atoms with Crippen LogP contribution in [0.1, 0.15) is 19.4 Å². The maximum absolute atomic E-state index is 13.3. The first-order chi connectivity index (χ1) is 10.0. The zero-order valence-corrected chi connectivity index (χ0v) is 12.3. The highest BCUT2D eigenvalue weighted by molar-refractivity contribution is 5.38. The van der Waals surface area contributed by atoms with E-state index < -0.39 is 0 Å². The fraction of sp³-hybridized carbons (Fsp3) is 0.357. The molecule has 0 fully saturated rings. The zero-order chi connectivity index (χ0) is 15.4. The van der Waals surface area contributed by atoms with Crippen molar-refractivity contribution < 1.29 is 9.13 Å². The summed E-state index contributed by atoms with van der Waals surface area (Å²) in [5.74, 6) is 0.472. The molecular formula is C14H18FN5O. The van der Waals surface area contributed by atoms with Gasteiger partial charge in [-0.3, -0.25) is 0 Å². The molecule has 6 nitrogen and oxygen atoms in total. The second-order valence-electron chi connectivity index (χ2n) is 4.46. The monoisotopic (exact) mass is 291 g/mol. The van der Waals surface area contributed by atoms with Crippen LogP contribution in [0.2, 0.25) is 0 Å². The summed E-state index contributed by atoms with van der Waals surface area (Å²) in [5, 5.41) is 0. The van der Waals surface area contributed by atoms with Crippen molar-refractivity contribution >= 4 is 11.9 Å². The molecule has 2 N–H and O–H groups in total. The van der Waals surface area contributed by atoms with E-state index in [1.807, 2.05) is 25.7 Å². The quantitative estimate of drug-likeness (QED) is 0.912. The molecule has 0 bridgehead atoms. The predicted molar refractivity (Wildman–Crippen MR) is 79.0 cm³/mol. The summed E-state index contributed by atoms with van der Waals surface area (Å²) in [4.78, 5) is 14.2. The molecule has 0 aliphatic carbocycles. The molecular weight excluding hydrogens is 273 g/mol. The van der Waals surface area contributed by atoms with Crippen LogP contribution in [0.25, 0.3) is 0 Å². The number of nitrogens with zero attached hydrogens (tertiary/aromatic N) is 4. The molecule has 0 atom stereocenters. The summed E-state index contributed by atoms with van der Waals surface area (Å²) < 4.78 is 18.8. The van der Waals surface area contributed by atoms with Gasteiger partial charge in [0, 0.05) is 19.2 Å². The number of nitrogens with two attached hydrogens (primary N) is 1. The highest BCUT2D eigenvalue weighted by Crippen LogP contribution is 2.24. The van der Waals surface area contributed by atoms with Gasteiger partial charge in [0.1, 0.15) is 11.6 Å². The molecule has 0 amide bonds. The molecule has 7 heteroatoms. The molecule has 2 aromatic rings. The number of hydrogen-bond donors (Lipinski definition) is 1. The van der Waals surface area contributed by atoms with E-state index in [-0.39, 0.29) is 17.8 Å². The van der Waals surface area contributed by atoms with Crippen molar-refractivity contribution in [3.05, 3.63) is 29.6 Å². The lowest BCUT2D eigenvalue weighted by Gasteiger charge is -2.18. The number of ether oxygens (including phenoxy) is 1. The van der Waals surface area contributed by atoms with Crippen LogP contribution in [0.15, 0.2) is 18.2 Å². The van der Waals surface area contributed by atoms with Crippen LogP contribution in [0, 0.1) is 12.7 Å². The lowest BCUT2D eigenvalue weighted by Crippen LogP contribution is -2.25. The second kappa shape index (κ2) is 6.34. The molecule has 1 aromatic carbocycles. The highest BCUT2D eigenvalue weighted by Gasteiger charge is 2.12. The summed E-state index contributed by atoms with van der Waals surface area (Å²) in [7, 11) is 0. The van der Waals surface area contributed by atoms with Gasteiger partial charge in [-0.1, -0.05) is 6.07 Å². The van der Waals surface area contributed by atoms with Crippen LogP contribution in [0.4, 0.5) is 16.3 Å². The number of nitrogen functional groups attached to an aromatic ring is 1. The Morgan fingerprint density at radius 3 is 2.57 bits per heavy atom. The Bertz CT molecular complexity index is 631.